The van der Waals surface area contributed by atoms with Crippen LogP contribution in [0.25, 0.3) is 0 Å². The molecule has 0 saturated heterocycles. The van der Waals surface area contributed by atoms with Crippen LogP contribution >= 0.6 is 11.6 Å². The number of aromatic nitrogens is 3. The molecule has 0 amide bonds. The highest BCUT2D eigenvalue weighted by Crippen LogP contribution is 2.34. The summed E-state index contributed by atoms with van der Waals surface area (Å²) < 4.78 is 1.87. The summed E-state index contributed by atoms with van der Waals surface area (Å²) in [4.78, 5) is 4.48. The molecule has 3 nitrogen and oxygen atoms in total. The van der Waals surface area contributed by atoms with Gasteiger partial charge in [-0.05, 0) is 24.4 Å². The highest BCUT2D eigenvalue weighted by Gasteiger charge is 2.31. The van der Waals surface area contributed by atoms with Crippen LogP contribution in [0.3, 0.4) is 0 Å². The Morgan fingerprint density at radius 1 is 1.00 bits per heavy atom. The quantitative estimate of drug-likeness (QED) is 0.550. The van der Waals surface area contributed by atoms with Crippen LogP contribution in [-0.2, 0) is 12.5 Å². The minimum atomic E-state index is 0.109. The van der Waals surface area contributed by atoms with E-state index >= 15 is 0 Å². The zero-order valence-electron chi connectivity index (χ0n) is 13.6. The van der Waals surface area contributed by atoms with Crippen LogP contribution in [0, 0.1) is 0 Å². The Bertz CT molecular complexity index is 389. The van der Waals surface area contributed by atoms with Crippen LogP contribution < -0.4 is 0 Å². The molecule has 1 unspecified atom stereocenters. The van der Waals surface area contributed by atoms with Crippen molar-refractivity contribution in [2.75, 3.05) is 0 Å². The lowest BCUT2D eigenvalue weighted by molar-refractivity contribution is 0.335. The van der Waals surface area contributed by atoms with Crippen molar-refractivity contribution >= 4 is 11.6 Å². The van der Waals surface area contributed by atoms with Crippen molar-refractivity contribution < 1.29 is 0 Å². The van der Waals surface area contributed by atoms with Crippen LogP contribution in [0.2, 0.25) is 5.28 Å². The number of hydrogen-bond donors (Lipinski definition) is 0. The predicted octanol–water partition coefficient (Wildman–Crippen LogP) is 5.28. The number of rotatable bonds is 10. The summed E-state index contributed by atoms with van der Waals surface area (Å²) in [6, 6.07) is 0. The topological polar surface area (TPSA) is 30.7 Å². The monoisotopic (exact) mass is 299 g/mol. The first-order chi connectivity index (χ1) is 9.53. The summed E-state index contributed by atoms with van der Waals surface area (Å²) in [7, 11) is 1.96. The zero-order valence-corrected chi connectivity index (χ0v) is 14.3. The number of aryl methyl sites for hydroxylation is 1. The first kappa shape index (κ1) is 17.5. The largest absolute Gasteiger partial charge is 0.251 e. The molecule has 0 radical (unpaired) electrons. The molecule has 0 aliphatic carbocycles. The average Bonchev–Trinajstić information content (AvgIpc) is 2.75. The third-order valence-electron chi connectivity index (χ3n) is 4.19. The fourth-order valence-electron chi connectivity index (χ4n) is 2.93. The zero-order chi connectivity index (χ0) is 15.0. The third kappa shape index (κ3) is 5.08. The van der Waals surface area contributed by atoms with Gasteiger partial charge in [0.05, 0.1) is 0 Å². The van der Waals surface area contributed by atoms with Gasteiger partial charge < -0.3 is 0 Å². The Kier molecular flexibility index (Phi) is 7.57. The Balaban J connectivity index is 2.74. The molecule has 1 rings (SSSR count). The van der Waals surface area contributed by atoms with E-state index in [1.165, 1.54) is 57.8 Å². The summed E-state index contributed by atoms with van der Waals surface area (Å²) in [6.07, 6.45) is 11.3. The first-order valence-electron chi connectivity index (χ1n) is 8.10. The van der Waals surface area contributed by atoms with Crippen molar-refractivity contribution in [3.05, 3.63) is 11.1 Å². The molecule has 0 fully saturated rings. The van der Waals surface area contributed by atoms with Gasteiger partial charge in [0.15, 0.2) is 0 Å². The number of unbranched alkanes of at least 4 members (excludes halogenated alkanes) is 5. The maximum atomic E-state index is 5.97. The standard InChI is InChI=1S/C16H30ClN3/c1-5-7-9-11-13-16(3,12-10-8-6-2)14-18-15(17)19-20(14)4/h5-13H2,1-4H3. The lowest BCUT2D eigenvalue weighted by Crippen LogP contribution is -2.26. The van der Waals surface area contributed by atoms with Crippen molar-refractivity contribution in [2.24, 2.45) is 7.05 Å². The molecule has 1 atom stereocenters. The van der Waals surface area contributed by atoms with E-state index in [-0.39, 0.29) is 5.41 Å². The number of nitrogens with zero attached hydrogens (tertiary/aromatic N) is 3. The predicted molar refractivity (Wildman–Crippen MR) is 86.3 cm³/mol. The molecule has 0 aliphatic rings. The van der Waals surface area contributed by atoms with Crippen molar-refractivity contribution in [1.82, 2.24) is 14.8 Å². The second-order valence-corrected chi connectivity index (χ2v) is 6.49. The maximum Gasteiger partial charge on any atom is 0.242 e. The molecular weight excluding hydrogens is 270 g/mol. The maximum absolute atomic E-state index is 5.97. The second-order valence-electron chi connectivity index (χ2n) is 6.16. The van der Waals surface area contributed by atoms with E-state index in [1.807, 2.05) is 11.7 Å². The minimum Gasteiger partial charge on any atom is -0.251 e. The van der Waals surface area contributed by atoms with Crippen LogP contribution in [0.4, 0.5) is 0 Å². The molecule has 0 aliphatic heterocycles. The van der Waals surface area contributed by atoms with E-state index in [2.05, 4.69) is 30.9 Å². The van der Waals surface area contributed by atoms with Crippen LogP contribution in [0.15, 0.2) is 0 Å². The van der Waals surface area contributed by atoms with E-state index in [9.17, 15) is 0 Å². The molecule has 20 heavy (non-hydrogen) atoms. The fourth-order valence-corrected chi connectivity index (χ4v) is 3.13. The number of hydrogen-bond acceptors (Lipinski definition) is 2. The van der Waals surface area contributed by atoms with Gasteiger partial charge in [0.1, 0.15) is 5.82 Å². The molecule has 0 spiro atoms. The minimum absolute atomic E-state index is 0.109. The van der Waals surface area contributed by atoms with Gasteiger partial charge in [-0.25, -0.2) is 4.98 Å². The van der Waals surface area contributed by atoms with Gasteiger partial charge in [-0.3, -0.25) is 4.68 Å². The molecule has 0 aromatic carbocycles. The normalized spacial score (nSPS) is 14.4. The van der Waals surface area contributed by atoms with Gasteiger partial charge in [0.25, 0.3) is 0 Å². The van der Waals surface area contributed by atoms with Gasteiger partial charge in [-0.1, -0.05) is 65.7 Å². The van der Waals surface area contributed by atoms with Crippen LogP contribution in [0.1, 0.15) is 84.4 Å². The summed E-state index contributed by atoms with van der Waals surface area (Å²) in [5.41, 5.74) is 0.109. The summed E-state index contributed by atoms with van der Waals surface area (Å²) in [5.74, 6) is 1.05. The fraction of sp³-hybridized carbons (Fsp3) is 0.875. The average molecular weight is 300 g/mol. The smallest absolute Gasteiger partial charge is 0.242 e. The van der Waals surface area contributed by atoms with Crippen molar-refractivity contribution in [1.29, 1.82) is 0 Å². The van der Waals surface area contributed by atoms with E-state index in [1.54, 1.807) is 0 Å². The Morgan fingerprint density at radius 3 is 2.05 bits per heavy atom. The molecule has 1 aromatic rings. The molecule has 0 N–H and O–H groups in total. The van der Waals surface area contributed by atoms with Gasteiger partial charge >= 0.3 is 0 Å². The lowest BCUT2D eigenvalue weighted by Gasteiger charge is -2.28. The molecule has 1 heterocycles. The Morgan fingerprint density at radius 2 is 1.55 bits per heavy atom. The molecule has 4 heteroatoms. The second kappa shape index (κ2) is 8.66. The highest BCUT2D eigenvalue weighted by atomic mass is 35.5. The van der Waals surface area contributed by atoms with E-state index in [0.29, 0.717) is 5.28 Å². The molecule has 1 aromatic heterocycles. The molecular formula is C16H30ClN3. The third-order valence-corrected chi connectivity index (χ3v) is 4.35. The van der Waals surface area contributed by atoms with Crippen molar-refractivity contribution in [3.8, 4) is 0 Å². The summed E-state index contributed by atoms with van der Waals surface area (Å²) >= 11 is 5.97. The highest BCUT2D eigenvalue weighted by molar-refractivity contribution is 6.28. The molecule has 0 saturated carbocycles. The molecule has 0 bridgehead atoms. The van der Waals surface area contributed by atoms with E-state index in [0.717, 1.165) is 5.82 Å². The number of halogens is 1. The van der Waals surface area contributed by atoms with Crippen molar-refractivity contribution in [2.45, 2.75) is 84.0 Å². The first-order valence-corrected chi connectivity index (χ1v) is 8.48. The lowest BCUT2D eigenvalue weighted by atomic mass is 9.79. The summed E-state index contributed by atoms with van der Waals surface area (Å²) in [5, 5.41) is 4.59. The summed E-state index contributed by atoms with van der Waals surface area (Å²) in [6.45, 7) is 6.83. The van der Waals surface area contributed by atoms with Crippen LogP contribution in [-0.4, -0.2) is 14.8 Å². The van der Waals surface area contributed by atoms with Gasteiger partial charge in [-0.2, -0.15) is 0 Å². The van der Waals surface area contributed by atoms with E-state index < -0.39 is 0 Å². The Labute approximate surface area is 129 Å². The van der Waals surface area contributed by atoms with Gasteiger partial charge in [0, 0.05) is 12.5 Å². The van der Waals surface area contributed by atoms with Crippen LogP contribution in [0.5, 0.6) is 0 Å². The van der Waals surface area contributed by atoms with Gasteiger partial charge in [0.2, 0.25) is 5.28 Å². The van der Waals surface area contributed by atoms with Gasteiger partial charge in [-0.15, -0.1) is 5.10 Å². The molecule has 116 valence electrons. The van der Waals surface area contributed by atoms with Crippen molar-refractivity contribution in [3.63, 3.8) is 0 Å². The Hall–Kier alpha value is -0.570. The van der Waals surface area contributed by atoms with E-state index in [4.69, 9.17) is 11.6 Å². The SMILES string of the molecule is CCCCCCC(C)(CCCCC)c1nc(Cl)nn1C.